The number of fused-ring (bicyclic) bond motifs is 2. The normalized spacial score (nSPS) is 16.1. The SMILES string of the molecule is COc1ccc2nc(-n3nc(C)c4c3NC(=O)C[C@H]4c3cc(C)sc3C)sc2c1. The number of anilines is 1. The Kier molecular flexibility index (Phi) is 4.22. The van der Waals surface area contributed by atoms with Crippen LogP contribution < -0.4 is 10.1 Å². The largest absolute Gasteiger partial charge is 0.497 e. The van der Waals surface area contributed by atoms with Crippen LogP contribution in [0.5, 0.6) is 5.75 Å². The van der Waals surface area contributed by atoms with Crippen molar-refractivity contribution in [3.8, 4) is 10.9 Å². The number of methoxy groups -OCH3 is 1. The van der Waals surface area contributed by atoms with E-state index in [1.807, 2.05) is 25.1 Å². The smallest absolute Gasteiger partial charge is 0.226 e. The molecule has 1 atom stereocenters. The predicted octanol–water partition coefficient (Wildman–Crippen LogP) is 4.95. The number of amides is 1. The number of thiazole rings is 1. The van der Waals surface area contributed by atoms with Crippen molar-refractivity contribution in [2.24, 2.45) is 0 Å². The van der Waals surface area contributed by atoms with E-state index in [1.165, 1.54) is 26.7 Å². The molecule has 0 bridgehead atoms. The standard InChI is InChI=1S/C21H20N4O2S2/c1-10-7-14(12(3)28-10)15-9-18(26)23-20-19(15)11(2)24-25(20)21-22-16-6-5-13(27-4)8-17(16)29-21/h5-8,15H,9H2,1-4H3,(H,23,26)/t15-/m0/s1. The molecule has 0 saturated heterocycles. The fraction of sp³-hybridized carbons (Fsp3) is 0.286. The van der Waals surface area contributed by atoms with Gasteiger partial charge in [0, 0.05) is 27.7 Å². The van der Waals surface area contributed by atoms with E-state index < -0.39 is 0 Å². The number of nitrogens with zero attached hydrogens (tertiary/aromatic N) is 3. The lowest BCUT2D eigenvalue weighted by atomic mass is 9.86. The molecule has 0 saturated carbocycles. The van der Waals surface area contributed by atoms with Crippen LogP contribution in [0.1, 0.15) is 38.9 Å². The lowest BCUT2D eigenvalue weighted by Crippen LogP contribution is -2.25. The van der Waals surface area contributed by atoms with Gasteiger partial charge >= 0.3 is 0 Å². The third-order valence-corrected chi connectivity index (χ3v) is 7.30. The van der Waals surface area contributed by atoms with Gasteiger partial charge in [-0.05, 0) is 50.6 Å². The molecule has 4 heterocycles. The monoisotopic (exact) mass is 424 g/mol. The van der Waals surface area contributed by atoms with E-state index in [2.05, 4.69) is 25.2 Å². The number of nitrogens with one attached hydrogen (secondary N) is 1. The Morgan fingerprint density at radius 1 is 1.21 bits per heavy atom. The van der Waals surface area contributed by atoms with Crippen LogP contribution >= 0.6 is 22.7 Å². The van der Waals surface area contributed by atoms with Crippen molar-refractivity contribution in [1.29, 1.82) is 0 Å². The topological polar surface area (TPSA) is 69.0 Å². The minimum absolute atomic E-state index is 0.00897. The van der Waals surface area contributed by atoms with Crippen LogP contribution in [0.2, 0.25) is 0 Å². The second kappa shape index (κ2) is 6.67. The van der Waals surface area contributed by atoms with Gasteiger partial charge in [0.05, 0.1) is 23.0 Å². The van der Waals surface area contributed by atoms with Crippen molar-refractivity contribution in [3.05, 3.63) is 50.8 Å². The molecular formula is C21H20N4O2S2. The molecule has 0 unspecified atom stereocenters. The Labute approximate surface area is 176 Å². The summed E-state index contributed by atoms with van der Waals surface area (Å²) in [4.78, 5) is 19.8. The van der Waals surface area contributed by atoms with Crippen LogP contribution in [-0.4, -0.2) is 27.8 Å². The first-order valence-corrected chi connectivity index (χ1v) is 11.0. The van der Waals surface area contributed by atoms with E-state index in [0.29, 0.717) is 6.42 Å². The summed E-state index contributed by atoms with van der Waals surface area (Å²) in [5.74, 6) is 1.56. The number of ether oxygens (including phenoxy) is 1. The molecule has 6 nitrogen and oxygen atoms in total. The highest BCUT2D eigenvalue weighted by Crippen LogP contribution is 2.43. The first kappa shape index (κ1) is 18.3. The molecule has 4 aromatic rings. The van der Waals surface area contributed by atoms with Gasteiger partial charge < -0.3 is 10.1 Å². The quantitative estimate of drug-likeness (QED) is 0.505. The van der Waals surface area contributed by atoms with Gasteiger partial charge in [-0.3, -0.25) is 4.79 Å². The molecule has 1 N–H and O–H groups in total. The van der Waals surface area contributed by atoms with Crippen molar-refractivity contribution in [2.75, 3.05) is 12.4 Å². The van der Waals surface area contributed by atoms with Gasteiger partial charge in [0.2, 0.25) is 11.0 Å². The molecule has 1 aliphatic heterocycles. The minimum Gasteiger partial charge on any atom is -0.497 e. The fourth-order valence-electron chi connectivity index (χ4n) is 4.06. The second-order valence-corrected chi connectivity index (χ2v) is 9.73. The maximum Gasteiger partial charge on any atom is 0.226 e. The number of carbonyl (C=O) groups is 1. The summed E-state index contributed by atoms with van der Waals surface area (Å²) in [5, 5.41) is 8.55. The van der Waals surface area contributed by atoms with Crippen LogP contribution in [-0.2, 0) is 4.79 Å². The second-order valence-electron chi connectivity index (χ2n) is 7.26. The van der Waals surface area contributed by atoms with Gasteiger partial charge in [-0.1, -0.05) is 11.3 Å². The van der Waals surface area contributed by atoms with Gasteiger partial charge in [-0.25, -0.2) is 4.98 Å². The number of hydrogen-bond donors (Lipinski definition) is 1. The Morgan fingerprint density at radius 3 is 2.76 bits per heavy atom. The van der Waals surface area contributed by atoms with Gasteiger partial charge in [0.1, 0.15) is 11.6 Å². The van der Waals surface area contributed by atoms with Crippen LogP contribution in [0, 0.1) is 20.8 Å². The maximum atomic E-state index is 12.6. The van der Waals surface area contributed by atoms with E-state index in [0.717, 1.165) is 38.2 Å². The summed E-state index contributed by atoms with van der Waals surface area (Å²) < 4.78 is 8.12. The van der Waals surface area contributed by atoms with Crippen LogP contribution in [0.25, 0.3) is 15.3 Å². The molecule has 1 aliphatic rings. The maximum absolute atomic E-state index is 12.6. The lowest BCUT2D eigenvalue weighted by molar-refractivity contribution is -0.116. The van der Waals surface area contributed by atoms with E-state index >= 15 is 0 Å². The number of benzene rings is 1. The van der Waals surface area contributed by atoms with Crippen molar-refractivity contribution in [2.45, 2.75) is 33.1 Å². The fourth-order valence-corrected chi connectivity index (χ4v) is 6.00. The molecule has 5 rings (SSSR count). The number of aryl methyl sites for hydroxylation is 3. The highest BCUT2D eigenvalue weighted by atomic mass is 32.1. The number of rotatable bonds is 3. The molecule has 0 radical (unpaired) electrons. The van der Waals surface area contributed by atoms with Crippen LogP contribution in [0.15, 0.2) is 24.3 Å². The zero-order valence-corrected chi connectivity index (χ0v) is 18.2. The highest BCUT2D eigenvalue weighted by Gasteiger charge is 2.34. The molecule has 29 heavy (non-hydrogen) atoms. The third-order valence-electron chi connectivity index (χ3n) is 5.32. The Bertz CT molecular complexity index is 1270. The Balaban J connectivity index is 1.67. The van der Waals surface area contributed by atoms with E-state index in [4.69, 9.17) is 14.8 Å². The first-order valence-electron chi connectivity index (χ1n) is 9.36. The molecular weight excluding hydrogens is 404 g/mol. The van der Waals surface area contributed by atoms with Crippen molar-refractivity contribution >= 4 is 44.6 Å². The summed E-state index contributed by atoms with van der Waals surface area (Å²) in [6.07, 6.45) is 0.438. The minimum atomic E-state index is 0.00897. The predicted molar refractivity (Wildman–Crippen MR) is 117 cm³/mol. The molecule has 148 valence electrons. The molecule has 1 aromatic carbocycles. The van der Waals surface area contributed by atoms with E-state index in [1.54, 1.807) is 23.1 Å². The molecule has 0 aliphatic carbocycles. The highest BCUT2D eigenvalue weighted by molar-refractivity contribution is 7.20. The average Bonchev–Trinajstić information content (AvgIpc) is 3.35. The van der Waals surface area contributed by atoms with Gasteiger partial charge in [0.15, 0.2) is 0 Å². The number of thiophene rings is 1. The van der Waals surface area contributed by atoms with Gasteiger partial charge in [-0.15, -0.1) is 11.3 Å². The number of aromatic nitrogens is 3. The molecule has 1 amide bonds. The zero-order chi connectivity index (χ0) is 20.3. The Morgan fingerprint density at radius 2 is 2.03 bits per heavy atom. The van der Waals surface area contributed by atoms with Crippen molar-refractivity contribution in [3.63, 3.8) is 0 Å². The molecule has 3 aromatic heterocycles. The van der Waals surface area contributed by atoms with Gasteiger partial charge in [0.25, 0.3) is 0 Å². The summed E-state index contributed by atoms with van der Waals surface area (Å²) in [6.45, 7) is 6.24. The summed E-state index contributed by atoms with van der Waals surface area (Å²) in [7, 11) is 1.65. The van der Waals surface area contributed by atoms with Crippen molar-refractivity contribution < 1.29 is 9.53 Å². The number of hydrogen-bond acceptors (Lipinski definition) is 6. The van der Waals surface area contributed by atoms with Crippen LogP contribution in [0.4, 0.5) is 5.82 Å². The summed E-state index contributed by atoms with van der Waals surface area (Å²) in [5.41, 5.74) is 4.11. The van der Waals surface area contributed by atoms with Crippen molar-refractivity contribution in [1.82, 2.24) is 14.8 Å². The zero-order valence-electron chi connectivity index (χ0n) is 16.6. The summed E-state index contributed by atoms with van der Waals surface area (Å²) >= 11 is 3.30. The third kappa shape index (κ3) is 2.94. The van der Waals surface area contributed by atoms with Gasteiger partial charge in [-0.2, -0.15) is 9.78 Å². The molecule has 8 heteroatoms. The first-order chi connectivity index (χ1) is 13.9. The average molecular weight is 425 g/mol. The molecule has 0 fully saturated rings. The number of carbonyl (C=O) groups excluding carboxylic acids is 1. The van der Waals surface area contributed by atoms with E-state index in [-0.39, 0.29) is 11.8 Å². The van der Waals surface area contributed by atoms with Crippen LogP contribution in [0.3, 0.4) is 0 Å². The van der Waals surface area contributed by atoms with E-state index in [9.17, 15) is 4.79 Å². The Hall–Kier alpha value is -2.71. The molecule has 0 spiro atoms. The lowest BCUT2D eigenvalue weighted by Gasteiger charge is -2.24. The summed E-state index contributed by atoms with van der Waals surface area (Å²) in [6, 6.07) is 8.01.